The molecule has 0 heterocycles. The van der Waals surface area contributed by atoms with E-state index < -0.39 is 10.0 Å². The highest BCUT2D eigenvalue weighted by Gasteiger charge is 2.20. The van der Waals surface area contributed by atoms with E-state index in [1.807, 2.05) is 18.2 Å². The number of ketones is 1. The number of halogens is 1. The Labute approximate surface area is 170 Å². The van der Waals surface area contributed by atoms with Crippen LogP contribution in [0.15, 0.2) is 53.4 Å². The Morgan fingerprint density at radius 2 is 1.71 bits per heavy atom. The molecule has 150 valence electrons. The largest absolute Gasteiger partial charge is 0.352 e. The molecule has 2 aromatic carbocycles. The molecule has 0 fully saturated rings. The van der Waals surface area contributed by atoms with Crippen LogP contribution in [0, 0.1) is 0 Å². The average Bonchev–Trinajstić information content (AvgIpc) is 2.67. The quantitative estimate of drug-likeness (QED) is 0.628. The van der Waals surface area contributed by atoms with Gasteiger partial charge in [0.15, 0.2) is 5.78 Å². The number of rotatable bonds is 9. The smallest absolute Gasteiger partial charge is 0.242 e. The highest BCUT2D eigenvalue weighted by atomic mass is 35.5. The molecular formula is C20H23ClN2O4S. The van der Waals surface area contributed by atoms with Crippen LogP contribution in [-0.4, -0.2) is 38.0 Å². The van der Waals surface area contributed by atoms with Crippen molar-refractivity contribution in [3.63, 3.8) is 0 Å². The summed E-state index contributed by atoms with van der Waals surface area (Å²) in [6.45, 7) is 1.96. The van der Waals surface area contributed by atoms with Gasteiger partial charge < -0.3 is 5.32 Å². The lowest BCUT2D eigenvalue weighted by atomic mass is 10.2. The minimum atomic E-state index is -3.67. The first-order valence-corrected chi connectivity index (χ1v) is 10.6. The average molecular weight is 423 g/mol. The molecule has 0 aliphatic rings. The van der Waals surface area contributed by atoms with Crippen LogP contribution in [0.1, 0.15) is 35.7 Å². The third kappa shape index (κ3) is 5.89. The van der Waals surface area contributed by atoms with Crippen LogP contribution in [0.25, 0.3) is 0 Å². The molecule has 0 aliphatic heterocycles. The lowest BCUT2D eigenvalue weighted by molar-refractivity contribution is -0.121. The fraction of sp³-hybridized carbons (Fsp3) is 0.300. The first kappa shape index (κ1) is 22.1. The van der Waals surface area contributed by atoms with Gasteiger partial charge in [-0.1, -0.05) is 41.9 Å². The highest BCUT2D eigenvalue weighted by Crippen LogP contribution is 2.16. The Bertz CT molecular complexity index is 943. The van der Waals surface area contributed by atoms with E-state index in [1.165, 1.54) is 42.5 Å². The number of carbonyl (C=O) groups excluding carboxylic acids is 2. The molecule has 28 heavy (non-hydrogen) atoms. The zero-order valence-electron chi connectivity index (χ0n) is 15.8. The van der Waals surface area contributed by atoms with Crippen LogP contribution in [0.4, 0.5) is 0 Å². The number of hydrogen-bond acceptors (Lipinski definition) is 4. The summed E-state index contributed by atoms with van der Waals surface area (Å²) in [7, 11) is -2.20. The number of hydrogen-bond donors (Lipinski definition) is 1. The molecule has 8 heteroatoms. The van der Waals surface area contributed by atoms with E-state index in [4.69, 9.17) is 11.6 Å². The van der Waals surface area contributed by atoms with Gasteiger partial charge in [0.1, 0.15) is 0 Å². The Balaban J connectivity index is 1.83. The summed E-state index contributed by atoms with van der Waals surface area (Å²) in [6.07, 6.45) is 0.587. The Kier molecular flexibility index (Phi) is 7.74. The van der Waals surface area contributed by atoms with Crippen LogP contribution < -0.4 is 5.32 Å². The number of carbonyl (C=O) groups is 2. The lowest BCUT2D eigenvalue weighted by Gasteiger charge is -2.17. The monoisotopic (exact) mass is 422 g/mol. The third-order valence-corrected chi connectivity index (χ3v) is 6.52. The molecule has 0 unspecified atom stereocenters. The maximum Gasteiger partial charge on any atom is 0.242 e. The second-order valence-electron chi connectivity index (χ2n) is 6.38. The molecule has 1 N–H and O–H groups in total. The Hall–Kier alpha value is -2.22. The van der Waals surface area contributed by atoms with Crippen molar-refractivity contribution >= 4 is 33.3 Å². The number of benzene rings is 2. The maximum atomic E-state index is 12.6. The molecule has 0 radical (unpaired) electrons. The molecule has 6 nitrogen and oxygen atoms in total. The van der Waals surface area contributed by atoms with Gasteiger partial charge in [0.25, 0.3) is 0 Å². The number of nitrogens with zero attached hydrogens (tertiary/aromatic N) is 1. The second kappa shape index (κ2) is 9.82. The van der Waals surface area contributed by atoms with E-state index in [1.54, 1.807) is 6.07 Å². The SMILES string of the molecule is CC(=O)c1ccc(S(=O)(=O)N(C)CCCC(=O)NCc2ccccc2Cl)cc1. The molecule has 0 aliphatic carbocycles. The van der Waals surface area contributed by atoms with Crippen LogP contribution in [0.2, 0.25) is 5.02 Å². The van der Waals surface area contributed by atoms with Crippen LogP contribution in [0.5, 0.6) is 0 Å². The van der Waals surface area contributed by atoms with E-state index >= 15 is 0 Å². The van der Waals surface area contributed by atoms with E-state index in [0.29, 0.717) is 23.6 Å². The van der Waals surface area contributed by atoms with Gasteiger partial charge in [-0.25, -0.2) is 12.7 Å². The van der Waals surface area contributed by atoms with Crippen molar-refractivity contribution in [2.75, 3.05) is 13.6 Å². The maximum absolute atomic E-state index is 12.6. The van der Waals surface area contributed by atoms with Crippen LogP contribution in [-0.2, 0) is 21.4 Å². The molecule has 1 amide bonds. The van der Waals surface area contributed by atoms with Crippen LogP contribution >= 0.6 is 11.6 Å². The zero-order valence-corrected chi connectivity index (χ0v) is 17.4. The van der Waals surface area contributed by atoms with Crippen molar-refractivity contribution < 1.29 is 18.0 Å². The number of sulfonamides is 1. The van der Waals surface area contributed by atoms with Crippen molar-refractivity contribution in [3.8, 4) is 0 Å². The standard InChI is InChI=1S/C20H23ClN2O4S/c1-15(24)16-9-11-18(12-10-16)28(26,27)23(2)13-5-8-20(25)22-14-17-6-3-4-7-19(17)21/h3-4,6-7,9-12H,5,8,13-14H2,1-2H3,(H,22,25). The Morgan fingerprint density at radius 1 is 1.07 bits per heavy atom. The van der Waals surface area contributed by atoms with Crippen molar-refractivity contribution in [2.24, 2.45) is 0 Å². The number of nitrogens with one attached hydrogen (secondary N) is 1. The van der Waals surface area contributed by atoms with Crippen LogP contribution in [0.3, 0.4) is 0 Å². The van der Waals surface area contributed by atoms with Gasteiger partial charge in [0.2, 0.25) is 15.9 Å². The lowest BCUT2D eigenvalue weighted by Crippen LogP contribution is -2.29. The molecule has 0 aromatic heterocycles. The first-order valence-electron chi connectivity index (χ1n) is 8.79. The van der Waals surface area contributed by atoms with E-state index in [-0.39, 0.29) is 29.6 Å². The summed E-state index contributed by atoms with van der Waals surface area (Å²) in [5.41, 5.74) is 1.28. The van der Waals surface area contributed by atoms with Crippen molar-refractivity contribution in [2.45, 2.75) is 31.2 Å². The number of amides is 1. The molecule has 2 aromatic rings. The molecule has 0 atom stereocenters. The molecule has 0 bridgehead atoms. The number of Topliss-reactive ketones (excluding diaryl/α,β-unsaturated/α-hetero) is 1. The summed E-state index contributed by atoms with van der Waals surface area (Å²) in [4.78, 5) is 23.4. The minimum absolute atomic E-state index is 0.114. The Morgan fingerprint density at radius 3 is 2.32 bits per heavy atom. The molecular weight excluding hydrogens is 400 g/mol. The van der Waals surface area contributed by atoms with Gasteiger partial charge in [0.05, 0.1) is 4.90 Å². The molecule has 0 spiro atoms. The highest BCUT2D eigenvalue weighted by molar-refractivity contribution is 7.89. The third-order valence-electron chi connectivity index (χ3n) is 4.28. The van der Waals surface area contributed by atoms with Gasteiger partial charge in [-0.05, 0) is 37.1 Å². The van der Waals surface area contributed by atoms with Gasteiger partial charge >= 0.3 is 0 Å². The summed E-state index contributed by atoms with van der Waals surface area (Å²) < 4.78 is 26.3. The normalized spacial score (nSPS) is 11.4. The topological polar surface area (TPSA) is 83.6 Å². The molecule has 0 saturated heterocycles. The predicted octanol–water partition coefficient (Wildman–Crippen LogP) is 3.26. The van der Waals surface area contributed by atoms with Gasteiger partial charge in [-0.15, -0.1) is 0 Å². The fourth-order valence-corrected chi connectivity index (χ4v) is 3.96. The summed E-state index contributed by atoms with van der Waals surface area (Å²) >= 11 is 6.05. The van der Waals surface area contributed by atoms with Gasteiger partial charge in [-0.2, -0.15) is 0 Å². The minimum Gasteiger partial charge on any atom is -0.352 e. The van der Waals surface area contributed by atoms with E-state index in [9.17, 15) is 18.0 Å². The molecule has 0 saturated carbocycles. The summed E-state index contributed by atoms with van der Waals surface area (Å²) in [6, 6.07) is 13.1. The summed E-state index contributed by atoms with van der Waals surface area (Å²) in [5, 5.41) is 3.36. The zero-order chi connectivity index (χ0) is 20.7. The van der Waals surface area contributed by atoms with Crippen molar-refractivity contribution in [1.29, 1.82) is 0 Å². The molecule has 2 rings (SSSR count). The summed E-state index contributed by atoms with van der Waals surface area (Å²) in [5.74, 6) is -0.295. The van der Waals surface area contributed by atoms with Crippen molar-refractivity contribution in [1.82, 2.24) is 9.62 Å². The van der Waals surface area contributed by atoms with E-state index in [2.05, 4.69) is 5.32 Å². The van der Waals surface area contributed by atoms with Gasteiger partial charge in [-0.3, -0.25) is 9.59 Å². The second-order valence-corrected chi connectivity index (χ2v) is 8.83. The van der Waals surface area contributed by atoms with Gasteiger partial charge in [0, 0.05) is 37.1 Å². The predicted molar refractivity (Wildman–Crippen MR) is 109 cm³/mol. The fourth-order valence-electron chi connectivity index (χ4n) is 2.55. The first-order chi connectivity index (χ1) is 13.2. The van der Waals surface area contributed by atoms with E-state index in [0.717, 1.165) is 5.56 Å². The van der Waals surface area contributed by atoms with Crippen molar-refractivity contribution in [3.05, 3.63) is 64.7 Å².